The van der Waals surface area contributed by atoms with Gasteiger partial charge in [-0.25, -0.2) is 5.21 Å². The second-order valence-corrected chi connectivity index (χ2v) is 10.9. The van der Waals surface area contributed by atoms with E-state index in [1.165, 1.54) is 6.07 Å². The Hall–Kier alpha value is -4.32. The molecule has 0 spiro atoms. The number of benzene rings is 2. The third-order valence-electron chi connectivity index (χ3n) is 8.64. The zero-order chi connectivity index (χ0) is 27.7. The van der Waals surface area contributed by atoms with Crippen molar-refractivity contribution in [3.63, 3.8) is 0 Å². The van der Waals surface area contributed by atoms with Gasteiger partial charge in [0.1, 0.15) is 6.17 Å². The average molecular weight is 542 g/mol. The average Bonchev–Trinajstić information content (AvgIpc) is 3.25. The number of fused-ring (bicyclic) bond motifs is 9. The molecule has 40 heavy (non-hydrogen) atoms. The number of hydrogen-bond acceptors (Lipinski definition) is 6. The van der Waals surface area contributed by atoms with Crippen LogP contribution in [0.4, 0.5) is 11.4 Å². The topological polar surface area (TPSA) is 131 Å². The molecule has 2 unspecified atom stereocenters. The molecule has 1 aromatic heterocycles. The largest absolute Gasteiger partial charge is 0.595 e. The molecule has 2 bridgehead atoms. The summed E-state index contributed by atoms with van der Waals surface area (Å²) in [6.45, 7) is 1.41. The van der Waals surface area contributed by atoms with Gasteiger partial charge in [-0.05, 0) is 36.6 Å². The highest BCUT2D eigenvalue weighted by Gasteiger charge is 2.47. The highest BCUT2D eigenvalue weighted by Crippen LogP contribution is 2.45. The van der Waals surface area contributed by atoms with Crippen molar-refractivity contribution in [2.24, 2.45) is 5.92 Å². The van der Waals surface area contributed by atoms with E-state index in [0.717, 1.165) is 17.7 Å². The van der Waals surface area contributed by atoms with Crippen molar-refractivity contribution >= 4 is 29.1 Å². The van der Waals surface area contributed by atoms with Gasteiger partial charge in [0.25, 0.3) is 11.8 Å². The van der Waals surface area contributed by atoms with E-state index in [4.69, 9.17) is 0 Å². The number of amides is 3. The van der Waals surface area contributed by atoms with Crippen LogP contribution in [0.25, 0.3) is 0 Å². The number of nitrogens with one attached hydrogen (secondary N) is 1. The summed E-state index contributed by atoms with van der Waals surface area (Å²) in [5, 5.41) is 19.5. The predicted octanol–water partition coefficient (Wildman–Crippen LogP) is 1.40. The molecule has 204 valence electrons. The Morgan fingerprint density at radius 2 is 1.68 bits per heavy atom. The summed E-state index contributed by atoms with van der Waals surface area (Å²) in [5.74, 6) is -0.503. The van der Waals surface area contributed by atoms with Crippen LogP contribution < -0.4 is 15.7 Å². The first kappa shape index (κ1) is 24.7. The second kappa shape index (κ2) is 9.12. The van der Waals surface area contributed by atoms with E-state index in [0.29, 0.717) is 36.4 Å². The molecule has 4 atom stereocenters. The molecule has 7 rings (SSSR count). The Kier molecular flexibility index (Phi) is 5.63. The fourth-order valence-corrected chi connectivity index (χ4v) is 6.89. The van der Waals surface area contributed by atoms with Crippen LogP contribution >= 0.6 is 0 Å². The van der Waals surface area contributed by atoms with Gasteiger partial charge in [-0.2, -0.15) is 5.23 Å². The molecule has 0 radical (unpaired) electrons. The number of likely N-dealkylation sites (tertiary alicyclic amines) is 1. The van der Waals surface area contributed by atoms with Gasteiger partial charge in [-0.3, -0.25) is 24.1 Å². The van der Waals surface area contributed by atoms with Gasteiger partial charge in [0.15, 0.2) is 0 Å². The second-order valence-electron chi connectivity index (χ2n) is 10.9. The Morgan fingerprint density at radius 3 is 2.48 bits per heavy atom. The third-order valence-corrected chi connectivity index (χ3v) is 8.64. The van der Waals surface area contributed by atoms with E-state index >= 15 is 0 Å². The van der Waals surface area contributed by atoms with E-state index in [1.54, 1.807) is 61.7 Å². The number of pyridine rings is 1. The molecule has 3 aromatic rings. The summed E-state index contributed by atoms with van der Waals surface area (Å²) in [6.07, 6.45) is 0.313. The first-order valence-electron chi connectivity index (χ1n) is 13.4. The van der Waals surface area contributed by atoms with Gasteiger partial charge < -0.3 is 19.6 Å². The molecule has 4 aliphatic heterocycles. The Labute approximate surface area is 229 Å². The predicted molar refractivity (Wildman–Crippen MR) is 142 cm³/mol. The lowest BCUT2D eigenvalue weighted by Crippen LogP contribution is -3.00. The van der Waals surface area contributed by atoms with E-state index in [9.17, 15) is 29.6 Å². The first-order valence-corrected chi connectivity index (χ1v) is 13.4. The van der Waals surface area contributed by atoms with Gasteiger partial charge in [0, 0.05) is 61.4 Å². The zero-order valence-electron chi connectivity index (χ0n) is 21.5. The van der Waals surface area contributed by atoms with Crippen LogP contribution in [0.15, 0.2) is 65.5 Å². The van der Waals surface area contributed by atoms with Crippen LogP contribution in [-0.2, 0) is 11.3 Å². The number of hydrogen-bond donors (Lipinski definition) is 2. The van der Waals surface area contributed by atoms with E-state index in [-0.39, 0.29) is 48.2 Å². The lowest BCUT2D eigenvalue weighted by Gasteiger charge is -2.43. The van der Waals surface area contributed by atoms with Crippen molar-refractivity contribution in [1.82, 2.24) is 14.4 Å². The molecule has 5 heterocycles. The minimum absolute atomic E-state index is 0.0373. The molecule has 0 saturated carbocycles. The van der Waals surface area contributed by atoms with Crippen LogP contribution in [0, 0.1) is 11.1 Å². The quantitative estimate of drug-likeness (QED) is 0.481. The zero-order valence-corrected chi connectivity index (χ0v) is 21.5. The minimum Gasteiger partial charge on any atom is -0.595 e. The maximum absolute atomic E-state index is 13.7. The molecule has 11 heteroatoms. The number of para-hydroxylation sites is 1. The highest BCUT2D eigenvalue weighted by atomic mass is 16.8. The molecule has 2 N–H and O–H groups in total. The molecule has 2 aromatic carbocycles. The number of carbonyl (C=O) groups is 3. The summed E-state index contributed by atoms with van der Waals surface area (Å²) < 4.78 is 1.55. The van der Waals surface area contributed by atoms with Crippen LogP contribution in [0.1, 0.15) is 56.9 Å². The van der Waals surface area contributed by atoms with E-state index < -0.39 is 17.0 Å². The lowest BCUT2D eigenvalue weighted by atomic mass is 9.83. The number of nitrogens with zero attached hydrogens (tertiary/aromatic N) is 4. The van der Waals surface area contributed by atoms with Crippen molar-refractivity contribution < 1.29 is 24.8 Å². The molecule has 1 saturated heterocycles. The number of quaternary nitrogens is 1. The Bertz CT molecular complexity index is 1630. The molecular weight excluding hydrogens is 514 g/mol. The van der Waals surface area contributed by atoms with Crippen LogP contribution in [0.2, 0.25) is 0 Å². The Morgan fingerprint density at radius 1 is 0.925 bits per heavy atom. The molecular formula is C29H27N5O6. The fourth-order valence-electron chi connectivity index (χ4n) is 6.89. The molecule has 0 aliphatic carbocycles. The minimum atomic E-state index is -1.24. The maximum atomic E-state index is 13.7. The van der Waals surface area contributed by atoms with Gasteiger partial charge >= 0.3 is 5.56 Å². The number of rotatable bonds is 4. The molecule has 11 nitrogen and oxygen atoms in total. The van der Waals surface area contributed by atoms with E-state index in [2.05, 4.69) is 0 Å². The summed E-state index contributed by atoms with van der Waals surface area (Å²) >= 11 is 0. The van der Waals surface area contributed by atoms with Gasteiger partial charge in [0.05, 0.1) is 11.3 Å². The molecule has 1 fully saturated rings. The number of aromatic nitrogens is 1. The number of carbonyl (C=O) groups excluding carboxylic acids is 3. The monoisotopic (exact) mass is 541 g/mol. The standard InChI is InChI=1S/C29H27N5O6/c35-25(30-14-17-13-18(16-30)22-9-10-24(34(39)40)29(38)32(22)15-17)11-12-31-26-19-5-1-2-6-20(19)28(37)33(26)23-8-4-3-7-21(23)27(31)36/h1-10,17-18,26,34,39H,11-16H2/t17-,18+,26?/m1/s1. The Balaban J connectivity index is 1.13. The summed E-state index contributed by atoms with van der Waals surface area (Å²) in [5.41, 5.74) is 2.32. The van der Waals surface area contributed by atoms with Crippen molar-refractivity contribution in [1.29, 1.82) is 0 Å². The van der Waals surface area contributed by atoms with Crippen molar-refractivity contribution in [2.45, 2.75) is 31.5 Å². The fraction of sp³-hybridized carbons (Fsp3) is 0.310. The number of piperidine rings is 1. The smallest absolute Gasteiger partial charge is 0.315 e. The third kappa shape index (κ3) is 3.62. The van der Waals surface area contributed by atoms with Crippen molar-refractivity contribution in [3.8, 4) is 0 Å². The van der Waals surface area contributed by atoms with Crippen LogP contribution in [0.5, 0.6) is 0 Å². The highest BCUT2D eigenvalue weighted by molar-refractivity contribution is 6.16. The van der Waals surface area contributed by atoms with Gasteiger partial charge in [0.2, 0.25) is 11.6 Å². The first-order chi connectivity index (χ1) is 19.3. The van der Waals surface area contributed by atoms with Gasteiger partial charge in [-0.15, -0.1) is 0 Å². The molecule has 4 aliphatic rings. The summed E-state index contributed by atoms with van der Waals surface area (Å²) in [7, 11) is 0. The van der Waals surface area contributed by atoms with Crippen molar-refractivity contribution in [2.75, 3.05) is 24.5 Å². The van der Waals surface area contributed by atoms with Crippen LogP contribution in [-0.4, -0.2) is 56.9 Å². The SMILES string of the molecule is O=C(CCN1C(=O)c2ccccc2N2C(=O)c3ccccc3C12)N1C[C@H]2C[C@@H](C1)c1ccc([NH+]([O-])O)c(=O)n1C2. The summed E-state index contributed by atoms with van der Waals surface area (Å²) in [6, 6.07) is 17.4. The lowest BCUT2D eigenvalue weighted by molar-refractivity contribution is -0.992. The maximum Gasteiger partial charge on any atom is 0.315 e. The van der Waals surface area contributed by atoms with E-state index in [1.807, 2.05) is 12.1 Å². The molecule has 3 amide bonds. The summed E-state index contributed by atoms with van der Waals surface area (Å²) in [4.78, 5) is 58.4. The van der Waals surface area contributed by atoms with Gasteiger partial charge in [-0.1, -0.05) is 30.3 Å². The van der Waals surface area contributed by atoms with Crippen LogP contribution in [0.3, 0.4) is 0 Å². The van der Waals surface area contributed by atoms with Crippen molar-refractivity contribution in [3.05, 3.63) is 98.6 Å². The normalized spacial score (nSPS) is 23.4. The number of anilines is 1.